The Balaban J connectivity index is 2.66. The van der Waals surface area contributed by atoms with Crippen LogP contribution in [0.1, 0.15) is 24.6 Å². The number of nitrogens with two attached hydrogens (primary N) is 1. The number of hydrogen-bond acceptors (Lipinski definition) is 3. The van der Waals surface area contributed by atoms with E-state index in [2.05, 4.69) is 17.1 Å². The van der Waals surface area contributed by atoms with Gasteiger partial charge in [0.2, 0.25) is 0 Å². The molecule has 0 amide bonds. The first-order chi connectivity index (χ1) is 6.29. The third-order valence-corrected chi connectivity index (χ3v) is 2.08. The second-order valence-electron chi connectivity index (χ2n) is 2.96. The summed E-state index contributed by atoms with van der Waals surface area (Å²) in [4.78, 5) is 0. The van der Waals surface area contributed by atoms with E-state index in [1.807, 2.05) is 23.9 Å². The van der Waals surface area contributed by atoms with Crippen molar-refractivity contribution < 1.29 is 0 Å². The number of hydrazine groups is 1. The van der Waals surface area contributed by atoms with E-state index >= 15 is 0 Å². The normalized spacial score (nSPS) is 12.8. The molecule has 1 heterocycles. The monoisotopic (exact) mass is 180 g/mol. The molecule has 1 aromatic heterocycles. The molecular formula is C9H16N4. The van der Waals surface area contributed by atoms with Crippen molar-refractivity contribution in [3.63, 3.8) is 0 Å². The van der Waals surface area contributed by atoms with E-state index in [9.17, 15) is 0 Å². The largest absolute Gasteiger partial charge is 0.271 e. The fourth-order valence-corrected chi connectivity index (χ4v) is 1.33. The van der Waals surface area contributed by atoms with Crippen molar-refractivity contribution in [3.8, 4) is 0 Å². The van der Waals surface area contributed by atoms with Gasteiger partial charge in [-0.1, -0.05) is 6.08 Å². The highest BCUT2D eigenvalue weighted by Gasteiger charge is 2.11. The summed E-state index contributed by atoms with van der Waals surface area (Å²) in [6.07, 6.45) is 5.55. The molecule has 1 aromatic rings. The molecule has 0 aromatic carbocycles. The molecule has 0 saturated heterocycles. The third-order valence-electron chi connectivity index (χ3n) is 2.08. The summed E-state index contributed by atoms with van der Waals surface area (Å²) in [5.41, 5.74) is 3.87. The van der Waals surface area contributed by atoms with Crippen LogP contribution in [0.5, 0.6) is 0 Å². The van der Waals surface area contributed by atoms with Gasteiger partial charge in [0.05, 0.1) is 11.7 Å². The van der Waals surface area contributed by atoms with E-state index in [1.54, 1.807) is 6.20 Å². The molecule has 0 aliphatic carbocycles. The number of allylic oxidation sites excluding steroid dienone is 1. The lowest BCUT2D eigenvalue weighted by molar-refractivity contribution is 0.484. The van der Waals surface area contributed by atoms with Crippen LogP contribution in [0.25, 0.3) is 0 Å². The summed E-state index contributed by atoms with van der Waals surface area (Å²) >= 11 is 0. The van der Waals surface area contributed by atoms with Crippen LogP contribution in [0.4, 0.5) is 0 Å². The molecule has 0 aliphatic rings. The fourth-order valence-electron chi connectivity index (χ4n) is 1.33. The Bertz CT molecular complexity index is 266. The zero-order valence-electron chi connectivity index (χ0n) is 7.90. The summed E-state index contributed by atoms with van der Waals surface area (Å²) in [5.74, 6) is 5.45. The Hall–Kier alpha value is -1.13. The van der Waals surface area contributed by atoms with Gasteiger partial charge < -0.3 is 0 Å². The molecule has 4 heteroatoms. The van der Waals surface area contributed by atoms with E-state index in [0.717, 1.165) is 18.5 Å². The van der Waals surface area contributed by atoms with Gasteiger partial charge in [-0.15, -0.1) is 6.58 Å². The topological polar surface area (TPSA) is 55.9 Å². The predicted octanol–water partition coefficient (Wildman–Crippen LogP) is 0.891. The van der Waals surface area contributed by atoms with Gasteiger partial charge in [0.1, 0.15) is 0 Å². The maximum atomic E-state index is 5.45. The van der Waals surface area contributed by atoms with Crippen molar-refractivity contribution in [2.75, 3.05) is 0 Å². The van der Waals surface area contributed by atoms with Gasteiger partial charge in [-0.25, -0.2) is 0 Å². The smallest absolute Gasteiger partial charge is 0.0631 e. The number of rotatable bonds is 5. The fraction of sp³-hybridized carbons (Fsp3) is 0.444. The van der Waals surface area contributed by atoms with Gasteiger partial charge in [-0.2, -0.15) is 5.10 Å². The summed E-state index contributed by atoms with van der Waals surface area (Å²) in [5, 5.41) is 4.09. The Morgan fingerprint density at radius 1 is 1.85 bits per heavy atom. The molecule has 13 heavy (non-hydrogen) atoms. The van der Waals surface area contributed by atoms with Crippen molar-refractivity contribution in [2.24, 2.45) is 12.9 Å². The minimum atomic E-state index is 0.158. The van der Waals surface area contributed by atoms with E-state index in [4.69, 9.17) is 5.84 Å². The third kappa shape index (κ3) is 2.40. The SMILES string of the molecule is C=CCCC(NN)c1ccnn1C. The zero-order chi connectivity index (χ0) is 9.68. The highest BCUT2D eigenvalue weighted by molar-refractivity contribution is 5.06. The standard InChI is InChI=1S/C9H16N4/c1-3-4-5-8(12-10)9-6-7-11-13(9)2/h3,6-8,12H,1,4-5,10H2,2H3. The van der Waals surface area contributed by atoms with Crippen LogP contribution in [0, 0.1) is 0 Å². The van der Waals surface area contributed by atoms with E-state index in [0.29, 0.717) is 0 Å². The molecule has 0 fully saturated rings. The van der Waals surface area contributed by atoms with Crippen molar-refractivity contribution >= 4 is 0 Å². The minimum absolute atomic E-state index is 0.158. The zero-order valence-corrected chi connectivity index (χ0v) is 7.90. The Morgan fingerprint density at radius 3 is 3.08 bits per heavy atom. The molecule has 0 spiro atoms. The average Bonchev–Trinajstić information content (AvgIpc) is 2.54. The first kappa shape index (κ1) is 9.95. The number of nitrogens with one attached hydrogen (secondary N) is 1. The lowest BCUT2D eigenvalue weighted by Crippen LogP contribution is -2.29. The van der Waals surface area contributed by atoms with Gasteiger partial charge >= 0.3 is 0 Å². The maximum absolute atomic E-state index is 5.45. The molecular weight excluding hydrogens is 164 g/mol. The van der Waals surface area contributed by atoms with E-state index in [1.165, 1.54) is 0 Å². The number of nitrogens with zero attached hydrogens (tertiary/aromatic N) is 2. The summed E-state index contributed by atoms with van der Waals surface area (Å²) in [6.45, 7) is 3.68. The van der Waals surface area contributed by atoms with Crippen LogP contribution in [0.3, 0.4) is 0 Å². The van der Waals surface area contributed by atoms with Crippen molar-refractivity contribution in [1.29, 1.82) is 0 Å². The number of hydrogen-bond donors (Lipinski definition) is 2. The lowest BCUT2D eigenvalue weighted by atomic mass is 10.1. The molecule has 0 aliphatic heterocycles. The lowest BCUT2D eigenvalue weighted by Gasteiger charge is -2.14. The molecule has 0 saturated carbocycles. The van der Waals surface area contributed by atoms with Gasteiger partial charge in [-0.05, 0) is 18.9 Å². The number of aryl methyl sites for hydroxylation is 1. The summed E-state index contributed by atoms with van der Waals surface area (Å²) in [6, 6.07) is 2.12. The minimum Gasteiger partial charge on any atom is -0.271 e. The summed E-state index contributed by atoms with van der Waals surface area (Å²) in [7, 11) is 1.91. The number of aromatic nitrogens is 2. The highest BCUT2D eigenvalue weighted by Crippen LogP contribution is 2.16. The molecule has 72 valence electrons. The molecule has 4 nitrogen and oxygen atoms in total. The van der Waals surface area contributed by atoms with Gasteiger partial charge in [0.25, 0.3) is 0 Å². The quantitative estimate of drug-likeness (QED) is 0.402. The molecule has 1 rings (SSSR count). The Kier molecular flexibility index (Phi) is 3.67. The van der Waals surface area contributed by atoms with Crippen LogP contribution < -0.4 is 11.3 Å². The van der Waals surface area contributed by atoms with Crippen molar-refractivity contribution in [1.82, 2.24) is 15.2 Å². The highest BCUT2D eigenvalue weighted by atomic mass is 15.3. The van der Waals surface area contributed by atoms with Crippen LogP contribution in [-0.4, -0.2) is 9.78 Å². The molecule has 1 unspecified atom stereocenters. The first-order valence-electron chi connectivity index (χ1n) is 4.34. The van der Waals surface area contributed by atoms with E-state index < -0.39 is 0 Å². The molecule has 0 radical (unpaired) electrons. The predicted molar refractivity (Wildman–Crippen MR) is 52.7 cm³/mol. The van der Waals surface area contributed by atoms with Gasteiger partial charge in [0, 0.05) is 13.2 Å². The average molecular weight is 180 g/mol. The van der Waals surface area contributed by atoms with Crippen molar-refractivity contribution in [2.45, 2.75) is 18.9 Å². The Morgan fingerprint density at radius 2 is 2.62 bits per heavy atom. The van der Waals surface area contributed by atoms with Crippen LogP contribution in [0.2, 0.25) is 0 Å². The van der Waals surface area contributed by atoms with Gasteiger partial charge in [0.15, 0.2) is 0 Å². The first-order valence-corrected chi connectivity index (χ1v) is 4.34. The summed E-state index contributed by atoms with van der Waals surface area (Å²) < 4.78 is 1.83. The second kappa shape index (κ2) is 4.79. The van der Waals surface area contributed by atoms with Crippen molar-refractivity contribution in [3.05, 3.63) is 30.6 Å². The van der Waals surface area contributed by atoms with Crippen LogP contribution >= 0.6 is 0 Å². The maximum Gasteiger partial charge on any atom is 0.0631 e. The second-order valence-corrected chi connectivity index (χ2v) is 2.96. The van der Waals surface area contributed by atoms with E-state index in [-0.39, 0.29) is 6.04 Å². The Labute approximate surface area is 78.4 Å². The molecule has 1 atom stereocenters. The molecule has 3 N–H and O–H groups in total. The van der Waals surface area contributed by atoms with Gasteiger partial charge in [-0.3, -0.25) is 16.0 Å². The van der Waals surface area contributed by atoms with Crippen LogP contribution in [-0.2, 0) is 7.05 Å². The van der Waals surface area contributed by atoms with Crippen LogP contribution in [0.15, 0.2) is 24.9 Å². The molecule has 0 bridgehead atoms.